The summed E-state index contributed by atoms with van der Waals surface area (Å²) in [6.07, 6.45) is 1.01. The zero-order valence-electron chi connectivity index (χ0n) is 9.13. The molecule has 1 heterocycles. The Balaban J connectivity index is 2.05. The van der Waals surface area contributed by atoms with Gasteiger partial charge in [-0.3, -0.25) is 4.79 Å². The van der Waals surface area contributed by atoms with Crippen LogP contribution in [0.5, 0.6) is 0 Å². The maximum absolute atomic E-state index is 11.9. The number of carbonyl (C=O) groups is 1. The molecule has 1 amide bonds. The van der Waals surface area contributed by atoms with Gasteiger partial charge in [0.15, 0.2) is 0 Å². The molecule has 1 fully saturated rings. The monoisotopic (exact) mass is 299 g/mol. The molecule has 0 aliphatic carbocycles. The molecule has 1 aromatic carbocycles. The number of benzene rings is 1. The van der Waals surface area contributed by atoms with Gasteiger partial charge in [-0.2, -0.15) is 11.8 Å². The Morgan fingerprint density at radius 3 is 3.00 bits per heavy atom. The van der Waals surface area contributed by atoms with Crippen LogP contribution in [0.15, 0.2) is 22.7 Å². The number of hydrogen-bond acceptors (Lipinski definition) is 2. The first-order chi connectivity index (χ1) is 7.66. The largest absolute Gasteiger partial charge is 0.326 e. The minimum atomic E-state index is 0.162. The smallest absolute Gasteiger partial charge is 0.228 e. The van der Waals surface area contributed by atoms with Gasteiger partial charge in [-0.05, 0) is 42.9 Å². The summed E-state index contributed by atoms with van der Waals surface area (Å²) < 4.78 is 1.04. The maximum Gasteiger partial charge on any atom is 0.228 e. The fourth-order valence-corrected chi connectivity index (χ4v) is 3.44. The van der Waals surface area contributed by atoms with E-state index in [1.165, 1.54) is 0 Å². The SMILES string of the molecule is Cc1cc(Br)ccc1NC(=O)C1CCSC1. The Hall–Kier alpha value is -0.480. The molecule has 1 unspecified atom stereocenters. The molecule has 4 heteroatoms. The van der Waals surface area contributed by atoms with Crippen LogP contribution in [0.1, 0.15) is 12.0 Å². The van der Waals surface area contributed by atoms with Gasteiger partial charge in [-0.25, -0.2) is 0 Å². The first-order valence-corrected chi connectivity index (χ1v) is 7.26. The van der Waals surface area contributed by atoms with E-state index in [2.05, 4.69) is 21.2 Å². The molecule has 1 aliphatic rings. The van der Waals surface area contributed by atoms with Crippen LogP contribution in [0, 0.1) is 12.8 Å². The molecular weight excluding hydrogens is 286 g/mol. The summed E-state index contributed by atoms with van der Waals surface area (Å²) in [5.41, 5.74) is 2.01. The number of amides is 1. The van der Waals surface area contributed by atoms with Crippen molar-refractivity contribution in [2.24, 2.45) is 5.92 Å². The summed E-state index contributed by atoms with van der Waals surface area (Å²) in [4.78, 5) is 11.9. The number of hydrogen-bond donors (Lipinski definition) is 1. The summed E-state index contributed by atoms with van der Waals surface area (Å²) in [6.45, 7) is 2.00. The van der Waals surface area contributed by atoms with Crippen molar-refractivity contribution in [2.75, 3.05) is 16.8 Å². The van der Waals surface area contributed by atoms with Crippen LogP contribution in [0.4, 0.5) is 5.69 Å². The van der Waals surface area contributed by atoms with Gasteiger partial charge in [-0.1, -0.05) is 15.9 Å². The molecule has 0 aromatic heterocycles. The van der Waals surface area contributed by atoms with E-state index in [0.29, 0.717) is 0 Å². The lowest BCUT2D eigenvalue weighted by Crippen LogP contribution is -2.22. The minimum Gasteiger partial charge on any atom is -0.326 e. The highest BCUT2D eigenvalue weighted by molar-refractivity contribution is 9.10. The van der Waals surface area contributed by atoms with Crippen LogP contribution in [0.25, 0.3) is 0 Å². The van der Waals surface area contributed by atoms with E-state index in [-0.39, 0.29) is 11.8 Å². The second kappa shape index (κ2) is 5.23. The fourth-order valence-electron chi connectivity index (χ4n) is 1.74. The Morgan fingerprint density at radius 1 is 1.56 bits per heavy atom. The molecular formula is C12H14BrNOS. The summed E-state index contributed by atoms with van der Waals surface area (Å²) in [6, 6.07) is 5.91. The zero-order chi connectivity index (χ0) is 11.5. The predicted molar refractivity (Wildman–Crippen MR) is 72.9 cm³/mol. The van der Waals surface area contributed by atoms with Crippen molar-refractivity contribution in [1.82, 2.24) is 0 Å². The zero-order valence-corrected chi connectivity index (χ0v) is 11.5. The number of rotatable bonds is 2. The summed E-state index contributed by atoms with van der Waals surface area (Å²) in [5, 5.41) is 3.01. The van der Waals surface area contributed by atoms with E-state index in [1.54, 1.807) is 0 Å². The van der Waals surface area contributed by atoms with Crippen molar-refractivity contribution in [3.63, 3.8) is 0 Å². The van der Waals surface area contributed by atoms with Crippen molar-refractivity contribution in [1.29, 1.82) is 0 Å². The van der Waals surface area contributed by atoms with E-state index in [1.807, 2.05) is 36.9 Å². The van der Waals surface area contributed by atoms with Crippen LogP contribution in [-0.2, 0) is 4.79 Å². The summed E-state index contributed by atoms with van der Waals surface area (Å²) >= 11 is 5.27. The molecule has 0 saturated carbocycles. The van der Waals surface area contributed by atoms with E-state index >= 15 is 0 Å². The third-order valence-electron chi connectivity index (χ3n) is 2.75. The highest BCUT2D eigenvalue weighted by Crippen LogP contribution is 2.26. The molecule has 1 aromatic rings. The van der Waals surface area contributed by atoms with Crippen LogP contribution in [-0.4, -0.2) is 17.4 Å². The summed E-state index contributed by atoms with van der Waals surface area (Å²) in [7, 11) is 0. The van der Waals surface area contributed by atoms with Gasteiger partial charge < -0.3 is 5.32 Å². The number of aryl methyl sites for hydroxylation is 1. The average Bonchev–Trinajstić information content (AvgIpc) is 2.75. The van der Waals surface area contributed by atoms with Gasteiger partial charge in [0, 0.05) is 21.8 Å². The third kappa shape index (κ3) is 2.80. The molecule has 0 radical (unpaired) electrons. The van der Waals surface area contributed by atoms with Gasteiger partial charge in [0.2, 0.25) is 5.91 Å². The van der Waals surface area contributed by atoms with Gasteiger partial charge in [0.05, 0.1) is 0 Å². The number of halogens is 1. The average molecular weight is 300 g/mol. The molecule has 1 atom stereocenters. The Bertz CT molecular complexity index is 402. The molecule has 0 spiro atoms. The number of thioether (sulfide) groups is 1. The van der Waals surface area contributed by atoms with E-state index in [9.17, 15) is 4.79 Å². The molecule has 1 N–H and O–H groups in total. The van der Waals surface area contributed by atoms with Crippen molar-refractivity contribution in [3.05, 3.63) is 28.2 Å². The predicted octanol–water partition coefficient (Wildman–Crippen LogP) is 3.45. The molecule has 2 nitrogen and oxygen atoms in total. The lowest BCUT2D eigenvalue weighted by Gasteiger charge is -2.12. The highest BCUT2D eigenvalue weighted by atomic mass is 79.9. The third-order valence-corrected chi connectivity index (χ3v) is 4.40. The normalized spacial score (nSPS) is 19.8. The van der Waals surface area contributed by atoms with Gasteiger partial charge in [0.25, 0.3) is 0 Å². The molecule has 1 aliphatic heterocycles. The second-order valence-electron chi connectivity index (χ2n) is 4.01. The first kappa shape index (κ1) is 12.0. The first-order valence-electron chi connectivity index (χ1n) is 5.31. The van der Waals surface area contributed by atoms with Crippen molar-refractivity contribution >= 4 is 39.3 Å². The van der Waals surface area contributed by atoms with E-state index in [0.717, 1.165) is 33.7 Å². The van der Waals surface area contributed by atoms with Crippen molar-refractivity contribution in [3.8, 4) is 0 Å². The van der Waals surface area contributed by atoms with Crippen LogP contribution in [0.2, 0.25) is 0 Å². The van der Waals surface area contributed by atoms with E-state index in [4.69, 9.17) is 0 Å². The summed E-state index contributed by atoms with van der Waals surface area (Å²) in [5.74, 6) is 2.42. The van der Waals surface area contributed by atoms with Crippen LogP contribution in [0.3, 0.4) is 0 Å². The molecule has 86 valence electrons. The van der Waals surface area contributed by atoms with E-state index < -0.39 is 0 Å². The molecule has 0 bridgehead atoms. The lowest BCUT2D eigenvalue weighted by molar-refractivity contribution is -0.119. The maximum atomic E-state index is 11.9. The van der Waals surface area contributed by atoms with Gasteiger partial charge >= 0.3 is 0 Å². The number of carbonyl (C=O) groups excluding carboxylic acids is 1. The molecule has 2 rings (SSSR count). The van der Waals surface area contributed by atoms with Crippen LogP contribution < -0.4 is 5.32 Å². The van der Waals surface area contributed by atoms with Crippen LogP contribution >= 0.6 is 27.7 Å². The Morgan fingerprint density at radius 2 is 2.38 bits per heavy atom. The fraction of sp³-hybridized carbons (Fsp3) is 0.417. The van der Waals surface area contributed by atoms with Crippen molar-refractivity contribution < 1.29 is 4.79 Å². The Labute approximate surface area is 108 Å². The lowest BCUT2D eigenvalue weighted by atomic mass is 10.1. The second-order valence-corrected chi connectivity index (χ2v) is 6.07. The Kier molecular flexibility index (Phi) is 3.92. The number of anilines is 1. The van der Waals surface area contributed by atoms with Crippen molar-refractivity contribution in [2.45, 2.75) is 13.3 Å². The quantitative estimate of drug-likeness (QED) is 0.906. The minimum absolute atomic E-state index is 0.162. The topological polar surface area (TPSA) is 29.1 Å². The molecule has 1 saturated heterocycles. The van der Waals surface area contributed by atoms with Gasteiger partial charge in [0.1, 0.15) is 0 Å². The standard InChI is InChI=1S/C12H14BrNOS/c1-8-6-10(13)2-3-11(8)14-12(15)9-4-5-16-7-9/h2-3,6,9H,4-5,7H2,1H3,(H,14,15). The highest BCUT2D eigenvalue weighted by Gasteiger charge is 2.23. The molecule has 16 heavy (non-hydrogen) atoms. The van der Waals surface area contributed by atoms with Gasteiger partial charge in [-0.15, -0.1) is 0 Å². The number of nitrogens with one attached hydrogen (secondary N) is 1.